The number of halogens is 1. The molecule has 3 nitrogen and oxygen atoms in total. The zero-order chi connectivity index (χ0) is 24.1. The third-order valence-corrected chi connectivity index (χ3v) is 7.42. The Balaban J connectivity index is 1.67. The van der Waals surface area contributed by atoms with Crippen molar-refractivity contribution in [2.75, 3.05) is 0 Å². The van der Waals surface area contributed by atoms with Crippen LogP contribution in [0.2, 0.25) is 5.02 Å². The highest BCUT2D eigenvalue weighted by atomic mass is 35.5. The predicted molar refractivity (Wildman–Crippen MR) is 145 cm³/mol. The van der Waals surface area contributed by atoms with Gasteiger partial charge in [-0.1, -0.05) is 109 Å². The molecular formula is C32H20ClN3. The number of hydrogen-bond acceptors (Lipinski definition) is 3. The molecule has 2 heterocycles. The molecule has 0 radical (unpaired) electrons. The SMILES string of the molecule is Clc1cccc2c1-c1ccccc1C2(c1ccccc1)c1nc(-c2ccccc2)c2cnccc2n1. The summed E-state index contributed by atoms with van der Waals surface area (Å²) < 4.78 is 0. The van der Waals surface area contributed by atoms with Crippen molar-refractivity contribution in [2.24, 2.45) is 0 Å². The maximum Gasteiger partial charge on any atom is 0.149 e. The van der Waals surface area contributed by atoms with Crippen LogP contribution in [0.25, 0.3) is 33.3 Å². The Morgan fingerprint density at radius 3 is 2.19 bits per heavy atom. The van der Waals surface area contributed by atoms with Gasteiger partial charge in [-0.2, -0.15) is 0 Å². The molecule has 4 aromatic carbocycles. The van der Waals surface area contributed by atoms with Crippen LogP contribution in [0.1, 0.15) is 22.5 Å². The predicted octanol–water partition coefficient (Wildman–Crippen LogP) is 7.71. The molecule has 0 bridgehead atoms. The van der Waals surface area contributed by atoms with Gasteiger partial charge >= 0.3 is 0 Å². The lowest BCUT2D eigenvalue weighted by Crippen LogP contribution is -2.31. The summed E-state index contributed by atoms with van der Waals surface area (Å²) in [4.78, 5) is 14.9. The van der Waals surface area contributed by atoms with E-state index in [9.17, 15) is 0 Å². The summed E-state index contributed by atoms with van der Waals surface area (Å²) in [6.07, 6.45) is 3.64. The smallest absolute Gasteiger partial charge is 0.149 e. The van der Waals surface area contributed by atoms with Crippen molar-refractivity contribution in [3.05, 3.63) is 149 Å². The van der Waals surface area contributed by atoms with Gasteiger partial charge in [0.25, 0.3) is 0 Å². The number of aromatic nitrogens is 3. The molecular weight excluding hydrogens is 462 g/mol. The summed E-state index contributed by atoms with van der Waals surface area (Å²) in [6, 6.07) is 37.4. The summed E-state index contributed by atoms with van der Waals surface area (Å²) >= 11 is 6.87. The van der Waals surface area contributed by atoms with Gasteiger partial charge in [0.05, 0.1) is 11.2 Å². The second-order valence-electron chi connectivity index (χ2n) is 8.98. The van der Waals surface area contributed by atoms with Gasteiger partial charge in [-0.3, -0.25) is 4.98 Å². The van der Waals surface area contributed by atoms with Gasteiger partial charge in [-0.15, -0.1) is 0 Å². The molecule has 0 amide bonds. The Morgan fingerprint density at radius 2 is 1.36 bits per heavy atom. The van der Waals surface area contributed by atoms with Gasteiger partial charge in [-0.05, 0) is 34.4 Å². The third-order valence-electron chi connectivity index (χ3n) is 7.10. The van der Waals surface area contributed by atoms with Crippen molar-refractivity contribution >= 4 is 22.5 Å². The molecule has 1 atom stereocenters. The molecule has 6 aromatic rings. The van der Waals surface area contributed by atoms with E-state index in [0.717, 1.165) is 60.8 Å². The maximum absolute atomic E-state index is 6.87. The lowest BCUT2D eigenvalue weighted by molar-refractivity contribution is 0.704. The van der Waals surface area contributed by atoms with Crippen LogP contribution in [0.3, 0.4) is 0 Å². The Kier molecular flexibility index (Phi) is 4.73. The van der Waals surface area contributed by atoms with E-state index in [1.165, 1.54) is 0 Å². The van der Waals surface area contributed by atoms with Gasteiger partial charge in [0.2, 0.25) is 0 Å². The van der Waals surface area contributed by atoms with Crippen molar-refractivity contribution < 1.29 is 0 Å². The van der Waals surface area contributed by atoms with Crippen LogP contribution >= 0.6 is 11.6 Å². The summed E-state index contributed by atoms with van der Waals surface area (Å²) in [5.74, 6) is 0.722. The minimum absolute atomic E-state index is 0.722. The molecule has 0 fully saturated rings. The zero-order valence-corrected chi connectivity index (χ0v) is 20.0. The summed E-state index contributed by atoms with van der Waals surface area (Å²) in [7, 11) is 0. The molecule has 170 valence electrons. The van der Waals surface area contributed by atoms with Crippen LogP contribution in [-0.2, 0) is 5.41 Å². The molecule has 0 spiro atoms. The first-order valence-electron chi connectivity index (χ1n) is 11.9. The number of nitrogens with zero attached hydrogens (tertiary/aromatic N) is 3. The largest absolute Gasteiger partial charge is 0.264 e. The van der Waals surface area contributed by atoms with E-state index < -0.39 is 5.41 Å². The number of rotatable bonds is 3. The molecule has 0 aliphatic heterocycles. The van der Waals surface area contributed by atoms with Crippen LogP contribution in [0.15, 0.2) is 122 Å². The molecule has 4 heteroatoms. The second kappa shape index (κ2) is 8.11. The molecule has 0 saturated carbocycles. The van der Waals surface area contributed by atoms with Crippen molar-refractivity contribution in [3.63, 3.8) is 0 Å². The Morgan fingerprint density at radius 1 is 0.639 bits per heavy atom. The topological polar surface area (TPSA) is 38.7 Å². The molecule has 7 rings (SSSR count). The van der Waals surface area contributed by atoms with Crippen molar-refractivity contribution in [3.8, 4) is 22.4 Å². The van der Waals surface area contributed by atoms with E-state index in [0.29, 0.717) is 0 Å². The van der Waals surface area contributed by atoms with E-state index >= 15 is 0 Å². The van der Waals surface area contributed by atoms with E-state index in [2.05, 4.69) is 71.7 Å². The van der Waals surface area contributed by atoms with Crippen LogP contribution < -0.4 is 0 Å². The van der Waals surface area contributed by atoms with Gasteiger partial charge in [0.15, 0.2) is 0 Å². The molecule has 36 heavy (non-hydrogen) atoms. The molecule has 1 aliphatic carbocycles. The first kappa shape index (κ1) is 21.0. The summed E-state index contributed by atoms with van der Waals surface area (Å²) in [5, 5.41) is 1.65. The summed E-state index contributed by atoms with van der Waals surface area (Å²) in [6.45, 7) is 0. The van der Waals surface area contributed by atoms with Gasteiger partial charge < -0.3 is 0 Å². The average Bonchev–Trinajstić information content (AvgIpc) is 3.26. The van der Waals surface area contributed by atoms with E-state index in [-0.39, 0.29) is 0 Å². The van der Waals surface area contributed by atoms with Gasteiger partial charge in [0.1, 0.15) is 11.2 Å². The first-order valence-corrected chi connectivity index (χ1v) is 12.3. The number of fused-ring (bicyclic) bond motifs is 4. The minimum atomic E-state index is -0.723. The fraction of sp³-hybridized carbons (Fsp3) is 0.0312. The monoisotopic (exact) mass is 481 g/mol. The quantitative estimate of drug-likeness (QED) is 0.259. The van der Waals surface area contributed by atoms with Crippen LogP contribution in [0.4, 0.5) is 0 Å². The molecule has 0 N–H and O–H groups in total. The van der Waals surface area contributed by atoms with Crippen molar-refractivity contribution in [1.82, 2.24) is 15.0 Å². The van der Waals surface area contributed by atoms with Crippen LogP contribution in [0, 0.1) is 0 Å². The molecule has 2 aromatic heterocycles. The number of benzene rings is 4. The van der Waals surface area contributed by atoms with Crippen LogP contribution in [0.5, 0.6) is 0 Å². The average molecular weight is 482 g/mol. The molecule has 0 saturated heterocycles. The number of pyridine rings is 1. The van der Waals surface area contributed by atoms with E-state index in [1.54, 1.807) is 6.20 Å². The third kappa shape index (κ3) is 2.90. The number of hydrogen-bond donors (Lipinski definition) is 0. The molecule has 1 unspecified atom stereocenters. The Hall–Kier alpha value is -4.34. The maximum atomic E-state index is 6.87. The van der Waals surface area contributed by atoms with E-state index in [4.69, 9.17) is 21.6 Å². The van der Waals surface area contributed by atoms with Gasteiger partial charge in [0, 0.05) is 33.9 Å². The minimum Gasteiger partial charge on any atom is -0.264 e. The lowest BCUT2D eigenvalue weighted by atomic mass is 9.71. The Labute approximate surface area is 214 Å². The Bertz CT molecular complexity index is 1750. The van der Waals surface area contributed by atoms with Crippen molar-refractivity contribution in [1.29, 1.82) is 0 Å². The molecule has 1 aliphatic rings. The van der Waals surface area contributed by atoms with Crippen LogP contribution in [-0.4, -0.2) is 15.0 Å². The highest BCUT2D eigenvalue weighted by molar-refractivity contribution is 6.34. The lowest BCUT2D eigenvalue weighted by Gasteiger charge is -2.32. The first-order chi connectivity index (χ1) is 17.8. The zero-order valence-electron chi connectivity index (χ0n) is 19.3. The highest BCUT2D eigenvalue weighted by Gasteiger charge is 2.49. The summed E-state index contributed by atoms with van der Waals surface area (Å²) in [5.41, 5.74) is 7.51. The second-order valence-corrected chi connectivity index (χ2v) is 9.39. The fourth-order valence-corrected chi connectivity index (χ4v) is 5.89. The standard InChI is InChI=1S/C32H20ClN3/c33-27-17-9-16-26-29(27)23-14-7-8-15-25(23)32(26,22-12-5-2-6-13-22)31-35-28-18-19-34-20-24(28)30(36-31)21-10-3-1-4-11-21/h1-20H. The highest BCUT2D eigenvalue weighted by Crippen LogP contribution is 2.57. The normalized spacial score (nSPS) is 16.0. The van der Waals surface area contributed by atoms with E-state index in [1.807, 2.05) is 48.7 Å². The van der Waals surface area contributed by atoms with Gasteiger partial charge in [-0.25, -0.2) is 9.97 Å². The fourth-order valence-electron chi connectivity index (χ4n) is 5.61. The van der Waals surface area contributed by atoms with Crippen molar-refractivity contribution in [2.45, 2.75) is 5.41 Å².